The lowest BCUT2D eigenvalue weighted by atomic mass is 10.2. The van der Waals surface area contributed by atoms with Gasteiger partial charge in [-0.1, -0.05) is 13.8 Å². The first-order valence-corrected chi connectivity index (χ1v) is 6.39. The van der Waals surface area contributed by atoms with Crippen LogP contribution in [-0.4, -0.2) is 29.0 Å². The zero-order valence-corrected chi connectivity index (χ0v) is 11.5. The quantitative estimate of drug-likeness (QED) is 0.907. The Morgan fingerprint density at radius 1 is 1.62 bits per heavy atom. The van der Waals surface area contributed by atoms with Gasteiger partial charge in [0.15, 0.2) is 0 Å². The molecule has 1 aromatic heterocycles. The van der Waals surface area contributed by atoms with Crippen LogP contribution in [-0.2, 0) is 6.54 Å². The predicted molar refractivity (Wildman–Crippen MR) is 71.3 cm³/mol. The molecule has 2 heterocycles. The third-order valence-corrected chi connectivity index (χ3v) is 4.04. The molecule has 92 valence electrons. The minimum atomic E-state index is 0. The Balaban J connectivity index is 0.00000128. The largest absolute Gasteiger partial charge is 0.326 e. The van der Waals surface area contributed by atoms with E-state index in [1.165, 1.54) is 9.88 Å². The second-order valence-electron chi connectivity index (χ2n) is 4.60. The Hall–Kier alpha value is -0.160. The average molecular weight is 262 g/mol. The van der Waals surface area contributed by atoms with E-state index in [0.717, 1.165) is 26.1 Å². The monoisotopic (exact) mass is 261 g/mol. The zero-order valence-electron chi connectivity index (χ0n) is 9.85. The van der Waals surface area contributed by atoms with Gasteiger partial charge in [0.1, 0.15) is 0 Å². The lowest BCUT2D eigenvalue weighted by Gasteiger charge is -2.12. The summed E-state index contributed by atoms with van der Waals surface area (Å²) in [5.41, 5.74) is 5.88. The Bertz CT molecular complexity index is 327. The lowest BCUT2D eigenvalue weighted by Crippen LogP contribution is -2.25. The highest BCUT2D eigenvalue weighted by atomic mass is 35.5. The van der Waals surface area contributed by atoms with Crippen molar-refractivity contribution in [2.75, 3.05) is 13.1 Å². The van der Waals surface area contributed by atoms with E-state index >= 15 is 0 Å². The molecule has 0 spiro atoms. The average Bonchev–Trinajstić information content (AvgIpc) is 2.76. The molecule has 1 fully saturated rings. The summed E-state index contributed by atoms with van der Waals surface area (Å²) in [5, 5.41) is 1.24. The van der Waals surface area contributed by atoms with Crippen LogP contribution in [0.5, 0.6) is 0 Å². The molecule has 2 N–H and O–H groups in total. The maximum absolute atomic E-state index is 5.88. The normalized spacial score (nSPS) is 21.4. The van der Waals surface area contributed by atoms with Crippen molar-refractivity contribution in [1.82, 2.24) is 9.88 Å². The second kappa shape index (κ2) is 5.96. The van der Waals surface area contributed by atoms with Crippen LogP contribution in [0.15, 0.2) is 6.20 Å². The van der Waals surface area contributed by atoms with Crippen molar-refractivity contribution in [3.05, 3.63) is 16.1 Å². The fourth-order valence-electron chi connectivity index (χ4n) is 1.89. The SMILES string of the molecule is CC(C)c1ncc(CN2CCC(N)C2)s1.Cl. The molecule has 0 aliphatic carbocycles. The van der Waals surface area contributed by atoms with Crippen LogP contribution in [0.1, 0.15) is 36.1 Å². The number of hydrogen-bond acceptors (Lipinski definition) is 4. The summed E-state index contributed by atoms with van der Waals surface area (Å²) in [6.45, 7) is 7.58. The molecule has 1 unspecified atom stereocenters. The molecule has 0 radical (unpaired) electrons. The number of likely N-dealkylation sites (tertiary alicyclic amines) is 1. The number of aromatic nitrogens is 1. The molecule has 0 saturated carbocycles. The summed E-state index contributed by atoms with van der Waals surface area (Å²) in [7, 11) is 0. The van der Waals surface area contributed by atoms with Gasteiger partial charge in [0, 0.05) is 42.7 Å². The topological polar surface area (TPSA) is 42.2 Å². The molecule has 16 heavy (non-hydrogen) atoms. The maximum atomic E-state index is 5.88. The van der Waals surface area contributed by atoms with Crippen LogP contribution < -0.4 is 5.73 Å². The third-order valence-electron chi connectivity index (χ3n) is 2.75. The molecule has 1 atom stereocenters. The van der Waals surface area contributed by atoms with Crippen molar-refractivity contribution in [2.45, 2.75) is 38.8 Å². The molecule has 1 aromatic rings. The summed E-state index contributed by atoms with van der Waals surface area (Å²) in [6, 6.07) is 0.377. The van der Waals surface area contributed by atoms with E-state index in [0.29, 0.717) is 12.0 Å². The zero-order chi connectivity index (χ0) is 10.8. The number of nitrogens with two attached hydrogens (primary N) is 1. The van der Waals surface area contributed by atoms with E-state index in [1.54, 1.807) is 0 Å². The summed E-state index contributed by atoms with van der Waals surface area (Å²) in [6.07, 6.45) is 3.15. The molecule has 5 heteroatoms. The van der Waals surface area contributed by atoms with Crippen LogP contribution in [0.2, 0.25) is 0 Å². The molecule has 0 bridgehead atoms. The van der Waals surface area contributed by atoms with Gasteiger partial charge >= 0.3 is 0 Å². The van der Waals surface area contributed by atoms with E-state index in [-0.39, 0.29) is 12.4 Å². The molecule has 2 rings (SSSR count). The smallest absolute Gasteiger partial charge is 0.0953 e. The fourth-order valence-corrected chi connectivity index (χ4v) is 2.85. The van der Waals surface area contributed by atoms with Crippen molar-refractivity contribution in [1.29, 1.82) is 0 Å². The molecule has 1 saturated heterocycles. The van der Waals surface area contributed by atoms with Crippen molar-refractivity contribution in [2.24, 2.45) is 5.73 Å². The molecule has 1 aliphatic rings. The Kier molecular flexibility index (Phi) is 5.18. The van der Waals surface area contributed by atoms with Gasteiger partial charge in [-0.25, -0.2) is 4.98 Å². The highest BCUT2D eigenvalue weighted by molar-refractivity contribution is 7.11. The van der Waals surface area contributed by atoms with Crippen LogP contribution in [0.4, 0.5) is 0 Å². The van der Waals surface area contributed by atoms with Gasteiger partial charge in [0.2, 0.25) is 0 Å². The number of thiazole rings is 1. The van der Waals surface area contributed by atoms with Crippen LogP contribution in [0.3, 0.4) is 0 Å². The van der Waals surface area contributed by atoms with Gasteiger partial charge < -0.3 is 5.73 Å². The van der Waals surface area contributed by atoms with Gasteiger partial charge in [0.05, 0.1) is 5.01 Å². The minimum absolute atomic E-state index is 0. The van der Waals surface area contributed by atoms with Crippen molar-refractivity contribution < 1.29 is 0 Å². The van der Waals surface area contributed by atoms with Crippen LogP contribution >= 0.6 is 23.7 Å². The number of rotatable bonds is 3. The predicted octanol–water partition coefficient (Wildman–Crippen LogP) is 2.22. The van der Waals surface area contributed by atoms with Crippen LogP contribution in [0.25, 0.3) is 0 Å². The molecular formula is C11H20ClN3S. The van der Waals surface area contributed by atoms with Gasteiger partial charge in [-0.15, -0.1) is 23.7 Å². The standard InChI is InChI=1S/C11H19N3S.ClH/c1-8(2)11-13-5-10(15-11)7-14-4-3-9(12)6-14;/h5,8-9H,3-4,6-7,12H2,1-2H3;1H. The Morgan fingerprint density at radius 3 is 2.88 bits per heavy atom. The van der Waals surface area contributed by atoms with Gasteiger partial charge in [-0.3, -0.25) is 4.90 Å². The van der Waals surface area contributed by atoms with E-state index in [1.807, 2.05) is 17.5 Å². The van der Waals surface area contributed by atoms with E-state index in [2.05, 4.69) is 23.7 Å². The van der Waals surface area contributed by atoms with Gasteiger partial charge in [-0.05, 0) is 6.42 Å². The fraction of sp³-hybridized carbons (Fsp3) is 0.727. The third kappa shape index (κ3) is 3.42. The first-order valence-electron chi connectivity index (χ1n) is 5.57. The maximum Gasteiger partial charge on any atom is 0.0953 e. The highest BCUT2D eigenvalue weighted by Crippen LogP contribution is 2.23. The number of nitrogens with zero attached hydrogens (tertiary/aromatic N) is 2. The summed E-state index contributed by atoms with van der Waals surface area (Å²) in [4.78, 5) is 8.22. The molecule has 1 aliphatic heterocycles. The molecule has 0 amide bonds. The second-order valence-corrected chi connectivity index (χ2v) is 5.75. The van der Waals surface area contributed by atoms with Crippen molar-refractivity contribution >= 4 is 23.7 Å². The van der Waals surface area contributed by atoms with E-state index in [9.17, 15) is 0 Å². The first kappa shape index (κ1) is 13.9. The molecule has 3 nitrogen and oxygen atoms in total. The van der Waals surface area contributed by atoms with Gasteiger partial charge in [0.25, 0.3) is 0 Å². The van der Waals surface area contributed by atoms with Crippen molar-refractivity contribution in [3.63, 3.8) is 0 Å². The van der Waals surface area contributed by atoms with Crippen molar-refractivity contribution in [3.8, 4) is 0 Å². The van der Waals surface area contributed by atoms with E-state index < -0.39 is 0 Å². The number of hydrogen-bond donors (Lipinski definition) is 1. The lowest BCUT2D eigenvalue weighted by molar-refractivity contribution is 0.329. The summed E-state index contributed by atoms with van der Waals surface area (Å²) < 4.78 is 0. The summed E-state index contributed by atoms with van der Waals surface area (Å²) in [5.74, 6) is 0.546. The van der Waals surface area contributed by atoms with E-state index in [4.69, 9.17) is 5.73 Å². The molecular weight excluding hydrogens is 242 g/mol. The summed E-state index contributed by atoms with van der Waals surface area (Å²) >= 11 is 1.84. The Labute approximate surface area is 107 Å². The molecule has 0 aromatic carbocycles. The van der Waals surface area contributed by atoms with Crippen LogP contribution in [0, 0.1) is 0 Å². The highest BCUT2D eigenvalue weighted by Gasteiger charge is 2.19. The first-order chi connectivity index (χ1) is 7.15. The minimum Gasteiger partial charge on any atom is -0.326 e. The number of halogens is 1. The Morgan fingerprint density at radius 2 is 2.38 bits per heavy atom. The van der Waals surface area contributed by atoms with Gasteiger partial charge in [-0.2, -0.15) is 0 Å².